The third-order valence-corrected chi connectivity index (χ3v) is 4.17. The van der Waals surface area contributed by atoms with Crippen LogP contribution in [-0.2, 0) is 0 Å². The van der Waals surface area contributed by atoms with Gasteiger partial charge < -0.3 is 24.3 Å². The molecule has 0 bridgehead atoms. The highest BCUT2D eigenvalue weighted by molar-refractivity contribution is 5.95. The summed E-state index contributed by atoms with van der Waals surface area (Å²) in [5, 5.41) is 3.05. The summed E-state index contributed by atoms with van der Waals surface area (Å²) in [6.45, 7) is 2.01. The van der Waals surface area contributed by atoms with Crippen LogP contribution in [0.15, 0.2) is 36.4 Å². The molecule has 0 aliphatic heterocycles. The van der Waals surface area contributed by atoms with Crippen molar-refractivity contribution in [3.05, 3.63) is 47.5 Å². The van der Waals surface area contributed by atoms with Crippen molar-refractivity contribution in [1.82, 2.24) is 5.32 Å². The van der Waals surface area contributed by atoms with E-state index in [9.17, 15) is 4.79 Å². The van der Waals surface area contributed by atoms with E-state index in [1.54, 1.807) is 39.5 Å². The fraction of sp³-hybridized carbons (Fsp3) is 0.350. The quantitative estimate of drug-likeness (QED) is 0.780. The maximum atomic E-state index is 12.7. The highest BCUT2D eigenvalue weighted by Gasteiger charge is 2.17. The lowest BCUT2D eigenvalue weighted by molar-refractivity contribution is 0.0935. The summed E-state index contributed by atoms with van der Waals surface area (Å²) in [7, 11) is 6.28. The molecule has 140 valence electrons. The molecular formula is C20H25NO5. The number of hydrogen-bond donors (Lipinski definition) is 1. The normalized spacial score (nSPS) is 11.4. The summed E-state index contributed by atoms with van der Waals surface area (Å²) in [6, 6.07) is 10.6. The van der Waals surface area contributed by atoms with Gasteiger partial charge in [-0.05, 0) is 42.3 Å². The molecule has 0 aliphatic carbocycles. The monoisotopic (exact) mass is 359 g/mol. The zero-order valence-electron chi connectivity index (χ0n) is 15.8. The first-order chi connectivity index (χ1) is 12.6. The van der Waals surface area contributed by atoms with Crippen LogP contribution in [0.5, 0.6) is 23.0 Å². The van der Waals surface area contributed by atoms with E-state index in [-0.39, 0.29) is 11.9 Å². The maximum Gasteiger partial charge on any atom is 0.251 e. The highest BCUT2D eigenvalue weighted by Crippen LogP contribution is 2.31. The van der Waals surface area contributed by atoms with E-state index in [0.717, 1.165) is 12.0 Å². The molecule has 0 saturated carbocycles. The molecule has 1 atom stereocenters. The third-order valence-electron chi connectivity index (χ3n) is 4.17. The first kappa shape index (κ1) is 19.4. The molecule has 0 saturated heterocycles. The molecule has 0 heterocycles. The predicted octanol–water partition coefficient (Wildman–Crippen LogP) is 3.60. The molecule has 2 rings (SSSR count). The SMILES string of the molecule is CCC(NC(=O)c1ccc(OC)c(OC)c1)c1ccc(OC)c(OC)c1. The molecule has 0 aliphatic rings. The van der Waals surface area contributed by atoms with Crippen LogP contribution in [0.1, 0.15) is 35.3 Å². The van der Waals surface area contributed by atoms with Crippen molar-refractivity contribution in [1.29, 1.82) is 0 Å². The molecule has 6 heteroatoms. The lowest BCUT2D eigenvalue weighted by atomic mass is 10.0. The smallest absolute Gasteiger partial charge is 0.251 e. The number of benzene rings is 2. The summed E-state index contributed by atoms with van der Waals surface area (Å²) in [4.78, 5) is 12.7. The van der Waals surface area contributed by atoms with Crippen molar-refractivity contribution < 1.29 is 23.7 Å². The van der Waals surface area contributed by atoms with Crippen LogP contribution in [0.2, 0.25) is 0 Å². The van der Waals surface area contributed by atoms with Gasteiger partial charge in [-0.1, -0.05) is 13.0 Å². The minimum absolute atomic E-state index is 0.157. The van der Waals surface area contributed by atoms with Gasteiger partial charge in [0.25, 0.3) is 5.91 Å². The average molecular weight is 359 g/mol. The fourth-order valence-corrected chi connectivity index (χ4v) is 2.71. The van der Waals surface area contributed by atoms with E-state index in [2.05, 4.69) is 5.32 Å². The van der Waals surface area contributed by atoms with Crippen molar-refractivity contribution in [2.75, 3.05) is 28.4 Å². The van der Waals surface area contributed by atoms with Crippen molar-refractivity contribution in [2.45, 2.75) is 19.4 Å². The van der Waals surface area contributed by atoms with Crippen molar-refractivity contribution in [3.63, 3.8) is 0 Å². The van der Waals surface area contributed by atoms with Gasteiger partial charge in [-0.2, -0.15) is 0 Å². The highest BCUT2D eigenvalue weighted by atomic mass is 16.5. The first-order valence-corrected chi connectivity index (χ1v) is 8.32. The number of carbonyl (C=O) groups excluding carboxylic acids is 1. The topological polar surface area (TPSA) is 66.0 Å². The van der Waals surface area contributed by atoms with E-state index in [1.165, 1.54) is 7.11 Å². The standard InChI is InChI=1S/C20H25NO5/c1-6-15(13-7-9-16(23-2)18(11-13)25-4)21-20(22)14-8-10-17(24-3)19(12-14)26-5/h7-12,15H,6H2,1-5H3,(H,21,22). The Hall–Kier alpha value is -2.89. The summed E-state index contributed by atoms with van der Waals surface area (Å²) in [6.07, 6.45) is 0.731. The molecule has 1 unspecified atom stereocenters. The minimum Gasteiger partial charge on any atom is -0.493 e. The van der Waals surface area contributed by atoms with Gasteiger partial charge in [0.15, 0.2) is 23.0 Å². The number of nitrogens with one attached hydrogen (secondary N) is 1. The zero-order chi connectivity index (χ0) is 19.1. The van der Waals surface area contributed by atoms with Crippen LogP contribution in [-0.4, -0.2) is 34.3 Å². The van der Waals surface area contributed by atoms with Crippen LogP contribution in [0.3, 0.4) is 0 Å². The Balaban J connectivity index is 2.23. The van der Waals surface area contributed by atoms with Crippen LogP contribution in [0.25, 0.3) is 0 Å². The molecule has 2 aromatic carbocycles. The number of methoxy groups -OCH3 is 4. The molecule has 0 radical (unpaired) electrons. The molecule has 0 aromatic heterocycles. The van der Waals surface area contributed by atoms with Crippen LogP contribution >= 0.6 is 0 Å². The molecule has 6 nitrogen and oxygen atoms in total. The third kappa shape index (κ3) is 4.20. The Bertz CT molecular complexity index is 760. The molecular weight excluding hydrogens is 334 g/mol. The Morgan fingerprint density at radius 3 is 1.92 bits per heavy atom. The second-order valence-corrected chi connectivity index (χ2v) is 5.62. The van der Waals surface area contributed by atoms with Crippen LogP contribution in [0, 0.1) is 0 Å². The van der Waals surface area contributed by atoms with Crippen molar-refractivity contribution in [3.8, 4) is 23.0 Å². The van der Waals surface area contributed by atoms with Gasteiger partial charge in [-0.15, -0.1) is 0 Å². The van der Waals surface area contributed by atoms with E-state index < -0.39 is 0 Å². The Labute approximate surface area is 154 Å². The van der Waals surface area contributed by atoms with E-state index >= 15 is 0 Å². The van der Waals surface area contributed by atoms with Crippen molar-refractivity contribution >= 4 is 5.91 Å². The first-order valence-electron chi connectivity index (χ1n) is 8.32. The van der Waals surface area contributed by atoms with E-state index in [1.807, 2.05) is 25.1 Å². The number of amides is 1. The number of ether oxygens (including phenoxy) is 4. The van der Waals surface area contributed by atoms with Gasteiger partial charge >= 0.3 is 0 Å². The lowest BCUT2D eigenvalue weighted by Crippen LogP contribution is -2.28. The number of rotatable bonds is 8. The van der Waals surface area contributed by atoms with Gasteiger partial charge in [-0.25, -0.2) is 0 Å². The minimum atomic E-state index is -0.187. The summed E-state index contributed by atoms with van der Waals surface area (Å²) in [5.41, 5.74) is 1.44. The Morgan fingerprint density at radius 2 is 1.38 bits per heavy atom. The molecule has 2 aromatic rings. The summed E-state index contributed by atoms with van der Waals surface area (Å²) in [5.74, 6) is 2.18. The zero-order valence-corrected chi connectivity index (χ0v) is 15.8. The van der Waals surface area contributed by atoms with Gasteiger partial charge in [0.2, 0.25) is 0 Å². The molecule has 26 heavy (non-hydrogen) atoms. The Morgan fingerprint density at radius 1 is 0.846 bits per heavy atom. The van der Waals surface area contributed by atoms with Crippen LogP contribution < -0.4 is 24.3 Å². The van der Waals surface area contributed by atoms with Gasteiger partial charge in [-0.3, -0.25) is 4.79 Å². The van der Waals surface area contributed by atoms with Gasteiger partial charge in [0.05, 0.1) is 34.5 Å². The molecule has 0 spiro atoms. The summed E-state index contributed by atoms with van der Waals surface area (Å²) >= 11 is 0. The van der Waals surface area contributed by atoms with E-state index in [4.69, 9.17) is 18.9 Å². The number of hydrogen-bond acceptors (Lipinski definition) is 5. The predicted molar refractivity (Wildman–Crippen MR) is 99.6 cm³/mol. The summed E-state index contributed by atoms with van der Waals surface area (Å²) < 4.78 is 21.1. The largest absolute Gasteiger partial charge is 0.493 e. The van der Waals surface area contributed by atoms with Gasteiger partial charge in [0, 0.05) is 5.56 Å². The van der Waals surface area contributed by atoms with Crippen molar-refractivity contribution in [2.24, 2.45) is 0 Å². The number of carbonyl (C=O) groups is 1. The van der Waals surface area contributed by atoms with Gasteiger partial charge in [0.1, 0.15) is 0 Å². The van der Waals surface area contributed by atoms with Crippen LogP contribution in [0.4, 0.5) is 0 Å². The second-order valence-electron chi connectivity index (χ2n) is 5.62. The lowest BCUT2D eigenvalue weighted by Gasteiger charge is -2.19. The second kappa shape index (κ2) is 8.99. The maximum absolute atomic E-state index is 12.7. The average Bonchev–Trinajstić information content (AvgIpc) is 2.70. The molecule has 0 fully saturated rings. The molecule has 1 amide bonds. The fourth-order valence-electron chi connectivity index (χ4n) is 2.71. The molecule has 1 N–H and O–H groups in total. The van der Waals surface area contributed by atoms with E-state index in [0.29, 0.717) is 28.6 Å². The Kier molecular flexibility index (Phi) is 6.72.